The monoisotopic (exact) mass is 304 g/mol. The predicted molar refractivity (Wildman–Crippen MR) is 84.1 cm³/mol. The van der Waals surface area contributed by atoms with Gasteiger partial charge in [-0.05, 0) is 0 Å². The van der Waals surface area contributed by atoms with Crippen molar-refractivity contribution in [2.45, 2.75) is 25.8 Å². The fraction of sp³-hybridized carbons (Fsp3) is 0.250. The third kappa shape index (κ3) is 3.70. The lowest BCUT2D eigenvalue weighted by Gasteiger charge is -2.38. The third-order valence-electron chi connectivity index (χ3n) is 2.96. The highest BCUT2D eigenvalue weighted by Gasteiger charge is 2.57. The van der Waals surface area contributed by atoms with Crippen LogP contribution in [0.3, 0.4) is 0 Å². The molecule has 21 heavy (non-hydrogen) atoms. The largest absolute Gasteiger partial charge is 0.505 e. The smallest absolute Gasteiger partial charge is 0.478 e. The Morgan fingerprint density at radius 3 is 1.76 bits per heavy atom. The van der Waals surface area contributed by atoms with Gasteiger partial charge < -0.3 is 8.85 Å². The molecule has 1 rings (SSSR count). The summed E-state index contributed by atoms with van der Waals surface area (Å²) < 4.78 is 11.2. The van der Waals surface area contributed by atoms with Gasteiger partial charge in [0.2, 0.25) is 0 Å². The molecule has 4 nitrogen and oxygen atoms in total. The molecule has 0 aromatic heterocycles. The summed E-state index contributed by atoms with van der Waals surface area (Å²) in [6.07, 6.45) is 2.14. The van der Waals surface area contributed by atoms with E-state index in [2.05, 4.69) is 13.2 Å². The molecule has 0 N–H and O–H groups in total. The molecule has 0 fully saturated rings. The van der Waals surface area contributed by atoms with Gasteiger partial charge in [-0.3, -0.25) is 0 Å². The van der Waals surface area contributed by atoms with Gasteiger partial charge in [-0.15, -0.1) is 0 Å². The first-order valence-corrected chi connectivity index (χ1v) is 8.35. The van der Waals surface area contributed by atoms with Crippen LogP contribution in [0.5, 0.6) is 0 Å². The molecule has 0 unspecified atom stereocenters. The zero-order valence-corrected chi connectivity index (χ0v) is 13.6. The molecular formula is C16H20O4Si. The molecule has 0 saturated carbocycles. The normalized spacial score (nSPS) is 11.4. The molecule has 0 spiro atoms. The van der Waals surface area contributed by atoms with Gasteiger partial charge in [-0.25, -0.2) is 9.59 Å². The van der Waals surface area contributed by atoms with Crippen molar-refractivity contribution in [3.8, 4) is 0 Å². The summed E-state index contributed by atoms with van der Waals surface area (Å²) in [6, 6.07) is 9.06. The summed E-state index contributed by atoms with van der Waals surface area (Å²) in [5, 5.41) is 0.133. The van der Waals surface area contributed by atoms with Crippen molar-refractivity contribution in [1.82, 2.24) is 0 Å². The van der Waals surface area contributed by atoms with Gasteiger partial charge in [-0.2, -0.15) is 0 Å². The van der Waals surface area contributed by atoms with E-state index in [-0.39, 0.29) is 0 Å². The number of hydrogen-bond donors (Lipinski definition) is 0. The van der Waals surface area contributed by atoms with Crippen LogP contribution in [-0.2, 0) is 18.4 Å². The van der Waals surface area contributed by atoms with Crippen LogP contribution in [0.2, 0.25) is 5.04 Å². The van der Waals surface area contributed by atoms with Crippen molar-refractivity contribution in [2.24, 2.45) is 0 Å². The minimum atomic E-state index is -3.38. The van der Waals surface area contributed by atoms with Crippen LogP contribution in [-0.4, -0.2) is 20.5 Å². The summed E-state index contributed by atoms with van der Waals surface area (Å²) in [7, 11) is -3.38. The van der Waals surface area contributed by atoms with E-state index in [0.717, 1.165) is 12.2 Å². The average molecular weight is 304 g/mol. The molecule has 1 aromatic carbocycles. The topological polar surface area (TPSA) is 52.6 Å². The Kier molecular flexibility index (Phi) is 5.27. The van der Waals surface area contributed by atoms with Crippen molar-refractivity contribution in [3.63, 3.8) is 0 Å². The molecule has 0 saturated heterocycles. The lowest BCUT2D eigenvalue weighted by Crippen LogP contribution is -2.62. The molecule has 0 aliphatic carbocycles. The first-order chi connectivity index (χ1) is 9.76. The third-order valence-corrected chi connectivity index (χ3v) is 7.01. The molecule has 0 atom stereocenters. The van der Waals surface area contributed by atoms with E-state index in [1.54, 1.807) is 12.1 Å². The maximum Gasteiger partial charge on any atom is 0.505 e. The standard InChI is InChI=1S/C16H20O4Si/c1-6-14(17)19-21(16(3,4)5,20-15(18)7-2)13-11-9-8-10-12-13/h6-12H,1-2H2,3-5H3. The lowest BCUT2D eigenvalue weighted by molar-refractivity contribution is -0.136. The molecule has 0 bridgehead atoms. The number of benzene rings is 1. The van der Waals surface area contributed by atoms with Crippen LogP contribution in [0, 0.1) is 0 Å². The van der Waals surface area contributed by atoms with Gasteiger partial charge >= 0.3 is 20.5 Å². The van der Waals surface area contributed by atoms with Crippen LogP contribution in [0.4, 0.5) is 0 Å². The van der Waals surface area contributed by atoms with Gasteiger partial charge in [-0.1, -0.05) is 64.3 Å². The van der Waals surface area contributed by atoms with E-state index in [1.807, 2.05) is 39.0 Å². The van der Waals surface area contributed by atoms with E-state index in [1.165, 1.54) is 0 Å². The second-order valence-corrected chi connectivity index (χ2v) is 9.20. The van der Waals surface area contributed by atoms with Crippen molar-refractivity contribution < 1.29 is 18.4 Å². The fourth-order valence-corrected chi connectivity index (χ4v) is 5.02. The summed E-state index contributed by atoms with van der Waals surface area (Å²) in [5.41, 5.74) is 0. The molecule has 112 valence electrons. The van der Waals surface area contributed by atoms with Crippen LogP contribution >= 0.6 is 0 Å². The number of carbonyl (C=O) groups is 2. The molecule has 0 radical (unpaired) electrons. The zero-order valence-electron chi connectivity index (χ0n) is 12.6. The molecule has 5 heteroatoms. The minimum absolute atomic E-state index is 0.564. The van der Waals surface area contributed by atoms with E-state index < -0.39 is 25.5 Å². The Morgan fingerprint density at radius 2 is 1.43 bits per heavy atom. The second kappa shape index (κ2) is 6.54. The van der Waals surface area contributed by atoms with Crippen LogP contribution < -0.4 is 5.19 Å². The average Bonchev–Trinajstić information content (AvgIpc) is 2.45. The highest BCUT2D eigenvalue weighted by atomic mass is 28.4. The van der Waals surface area contributed by atoms with Gasteiger partial charge in [0.25, 0.3) is 0 Å². The fourth-order valence-electron chi connectivity index (χ4n) is 1.90. The van der Waals surface area contributed by atoms with Crippen molar-refractivity contribution in [1.29, 1.82) is 0 Å². The molecule has 1 aromatic rings. The number of hydrogen-bond acceptors (Lipinski definition) is 4. The summed E-state index contributed by atoms with van der Waals surface area (Å²) in [6.45, 7) is 12.4. The van der Waals surface area contributed by atoms with Crippen molar-refractivity contribution in [3.05, 3.63) is 55.6 Å². The molecule has 0 aliphatic heterocycles. The van der Waals surface area contributed by atoms with Gasteiger partial charge in [0.1, 0.15) is 0 Å². The van der Waals surface area contributed by atoms with Gasteiger partial charge in [0.15, 0.2) is 0 Å². The summed E-state index contributed by atoms with van der Waals surface area (Å²) in [5.74, 6) is -1.23. The Balaban J connectivity index is 3.47. The Labute approximate surface area is 126 Å². The molecule has 0 aliphatic rings. The number of rotatable bonds is 5. The van der Waals surface area contributed by atoms with Gasteiger partial charge in [0.05, 0.1) is 0 Å². The quantitative estimate of drug-likeness (QED) is 0.620. The molecule has 0 amide bonds. The molecular weight excluding hydrogens is 284 g/mol. The zero-order chi connectivity index (χ0) is 16.1. The number of carbonyl (C=O) groups excluding carboxylic acids is 2. The van der Waals surface area contributed by atoms with Crippen LogP contribution in [0.1, 0.15) is 20.8 Å². The highest BCUT2D eigenvalue weighted by Crippen LogP contribution is 2.38. The SMILES string of the molecule is C=CC(=O)O[Si](OC(=O)C=C)(c1ccccc1)C(C)(C)C. The van der Waals surface area contributed by atoms with E-state index >= 15 is 0 Å². The summed E-state index contributed by atoms with van der Waals surface area (Å²) in [4.78, 5) is 23.6. The second-order valence-electron chi connectivity index (χ2n) is 5.48. The maximum atomic E-state index is 11.8. The van der Waals surface area contributed by atoms with Crippen molar-refractivity contribution >= 4 is 25.7 Å². The predicted octanol–water partition coefficient (Wildman–Crippen LogP) is 2.59. The Bertz CT molecular complexity index is 521. The van der Waals surface area contributed by atoms with E-state index in [0.29, 0.717) is 5.19 Å². The van der Waals surface area contributed by atoms with Crippen molar-refractivity contribution in [2.75, 3.05) is 0 Å². The first-order valence-electron chi connectivity index (χ1n) is 6.53. The highest BCUT2D eigenvalue weighted by molar-refractivity contribution is 6.86. The summed E-state index contributed by atoms with van der Waals surface area (Å²) >= 11 is 0. The Morgan fingerprint density at radius 1 is 1.00 bits per heavy atom. The Hall–Kier alpha value is -2.14. The van der Waals surface area contributed by atoms with Crippen LogP contribution in [0.25, 0.3) is 0 Å². The minimum Gasteiger partial charge on any atom is -0.478 e. The lowest BCUT2D eigenvalue weighted by atomic mass is 10.2. The van der Waals surface area contributed by atoms with Gasteiger partial charge in [0, 0.05) is 22.4 Å². The van der Waals surface area contributed by atoms with Crippen LogP contribution in [0.15, 0.2) is 55.6 Å². The maximum absolute atomic E-state index is 11.8. The van der Waals surface area contributed by atoms with E-state index in [4.69, 9.17) is 8.85 Å². The molecule has 0 heterocycles. The van der Waals surface area contributed by atoms with E-state index in [9.17, 15) is 9.59 Å². The first kappa shape index (κ1) is 16.9.